The molecule has 6 heteroatoms. The highest BCUT2D eigenvalue weighted by Gasteiger charge is 2.12. The highest BCUT2D eigenvalue weighted by atomic mass is 32.2. The zero-order valence-electron chi connectivity index (χ0n) is 12.6. The van der Waals surface area contributed by atoms with E-state index in [0.29, 0.717) is 31.5 Å². The summed E-state index contributed by atoms with van der Waals surface area (Å²) in [4.78, 5) is 13.0. The molecule has 1 aromatic rings. The molecule has 1 rings (SSSR count). The van der Waals surface area contributed by atoms with Crippen molar-refractivity contribution in [1.82, 2.24) is 4.90 Å². The molecule has 0 saturated carbocycles. The largest absolute Gasteiger partial charge is 0.478 e. The van der Waals surface area contributed by atoms with Crippen molar-refractivity contribution in [2.75, 3.05) is 31.6 Å². The monoisotopic (exact) mass is 313 g/mol. The molecule has 1 aromatic carbocycles. The van der Waals surface area contributed by atoms with E-state index in [1.807, 2.05) is 24.9 Å². The maximum atomic E-state index is 11.6. The Balaban J connectivity index is 2.51. The number of carbonyl (C=O) groups is 1. The van der Waals surface area contributed by atoms with Gasteiger partial charge in [0.15, 0.2) is 9.84 Å². The number of rotatable bonds is 9. The predicted molar refractivity (Wildman–Crippen MR) is 83.5 cm³/mol. The standard InChI is InChI=1S/C15H23NO4S/c1-3-11-21(19,20)12-10-16(2)9-8-13-6-4-5-7-14(13)15(17)18/h4-7H,3,8-12H2,1-2H3,(H,17,18). The number of sulfone groups is 1. The topological polar surface area (TPSA) is 74.7 Å². The molecule has 0 atom stereocenters. The Bertz CT molecular complexity index is 569. The van der Waals surface area contributed by atoms with Gasteiger partial charge in [0.05, 0.1) is 11.3 Å². The lowest BCUT2D eigenvalue weighted by molar-refractivity contribution is 0.0695. The first-order chi connectivity index (χ1) is 9.85. The van der Waals surface area contributed by atoms with Crippen molar-refractivity contribution in [3.8, 4) is 0 Å². The molecule has 5 nitrogen and oxygen atoms in total. The molecule has 0 aliphatic heterocycles. The second kappa shape index (κ2) is 8.14. The molecular weight excluding hydrogens is 290 g/mol. The van der Waals surface area contributed by atoms with Gasteiger partial charge < -0.3 is 10.0 Å². The molecule has 0 spiro atoms. The van der Waals surface area contributed by atoms with E-state index in [1.54, 1.807) is 18.2 Å². The summed E-state index contributed by atoms with van der Waals surface area (Å²) in [6.45, 7) is 2.95. The van der Waals surface area contributed by atoms with E-state index < -0.39 is 15.8 Å². The number of likely N-dealkylation sites (N-methyl/N-ethyl adjacent to an activating group) is 1. The molecule has 0 unspecified atom stereocenters. The molecule has 0 fully saturated rings. The van der Waals surface area contributed by atoms with Crippen molar-refractivity contribution in [3.63, 3.8) is 0 Å². The van der Waals surface area contributed by atoms with E-state index in [-0.39, 0.29) is 11.5 Å². The summed E-state index contributed by atoms with van der Waals surface area (Å²) < 4.78 is 23.3. The molecule has 0 aliphatic carbocycles. The third kappa shape index (κ3) is 6.27. The highest BCUT2D eigenvalue weighted by Crippen LogP contribution is 2.10. The van der Waals surface area contributed by atoms with E-state index in [1.165, 1.54) is 0 Å². The molecule has 21 heavy (non-hydrogen) atoms. The lowest BCUT2D eigenvalue weighted by Gasteiger charge is -2.17. The van der Waals surface area contributed by atoms with Gasteiger partial charge in [-0.1, -0.05) is 25.1 Å². The number of nitrogens with zero attached hydrogens (tertiary/aromatic N) is 1. The molecule has 0 amide bonds. The molecular formula is C15H23NO4S. The van der Waals surface area contributed by atoms with Crippen LogP contribution in [0.5, 0.6) is 0 Å². The second-order valence-corrected chi connectivity index (χ2v) is 7.47. The maximum Gasteiger partial charge on any atom is 0.335 e. The summed E-state index contributed by atoms with van der Waals surface area (Å²) in [5, 5.41) is 9.11. The van der Waals surface area contributed by atoms with Crippen LogP contribution in [0.3, 0.4) is 0 Å². The number of hydrogen-bond acceptors (Lipinski definition) is 4. The Hall–Kier alpha value is -1.40. The molecule has 0 saturated heterocycles. The quantitative estimate of drug-likeness (QED) is 0.751. The Morgan fingerprint density at radius 3 is 2.48 bits per heavy atom. The summed E-state index contributed by atoms with van der Waals surface area (Å²) >= 11 is 0. The fourth-order valence-electron chi connectivity index (χ4n) is 2.08. The zero-order valence-corrected chi connectivity index (χ0v) is 13.4. The summed E-state index contributed by atoms with van der Waals surface area (Å²) in [7, 11) is -1.12. The van der Waals surface area contributed by atoms with Gasteiger partial charge in [0.1, 0.15) is 0 Å². The van der Waals surface area contributed by atoms with Crippen molar-refractivity contribution in [1.29, 1.82) is 0 Å². The number of benzene rings is 1. The summed E-state index contributed by atoms with van der Waals surface area (Å²) in [5.74, 6) is -0.556. The first-order valence-corrected chi connectivity index (χ1v) is 8.88. The molecule has 118 valence electrons. The van der Waals surface area contributed by atoms with Gasteiger partial charge in [-0.25, -0.2) is 13.2 Å². The van der Waals surface area contributed by atoms with Crippen LogP contribution in [0.1, 0.15) is 29.3 Å². The highest BCUT2D eigenvalue weighted by molar-refractivity contribution is 7.91. The third-order valence-electron chi connectivity index (χ3n) is 3.31. The number of carboxylic acid groups (broad SMARTS) is 1. The fraction of sp³-hybridized carbons (Fsp3) is 0.533. The van der Waals surface area contributed by atoms with E-state index in [9.17, 15) is 13.2 Å². The minimum atomic E-state index is -2.97. The lowest BCUT2D eigenvalue weighted by Crippen LogP contribution is -2.28. The molecule has 0 aliphatic rings. The molecule has 0 radical (unpaired) electrons. The van der Waals surface area contributed by atoms with E-state index in [2.05, 4.69) is 0 Å². The summed E-state index contributed by atoms with van der Waals surface area (Å²) in [6, 6.07) is 6.90. The Morgan fingerprint density at radius 1 is 1.19 bits per heavy atom. The van der Waals surface area contributed by atoms with Gasteiger partial charge in [-0.15, -0.1) is 0 Å². The van der Waals surface area contributed by atoms with E-state index in [4.69, 9.17) is 5.11 Å². The van der Waals surface area contributed by atoms with Gasteiger partial charge in [0.2, 0.25) is 0 Å². The second-order valence-electron chi connectivity index (χ2n) is 5.17. The lowest BCUT2D eigenvalue weighted by atomic mass is 10.0. The Kier molecular flexibility index (Phi) is 6.84. The van der Waals surface area contributed by atoms with Crippen molar-refractivity contribution >= 4 is 15.8 Å². The normalized spacial score (nSPS) is 11.8. The third-order valence-corrected chi connectivity index (χ3v) is 5.14. The predicted octanol–water partition coefficient (Wildman–Crippen LogP) is 1.68. The van der Waals surface area contributed by atoms with Gasteiger partial charge in [-0.3, -0.25) is 0 Å². The van der Waals surface area contributed by atoms with Crippen molar-refractivity contribution in [3.05, 3.63) is 35.4 Å². The van der Waals surface area contributed by atoms with Gasteiger partial charge in [-0.2, -0.15) is 0 Å². The van der Waals surface area contributed by atoms with Crippen LogP contribution in [-0.4, -0.2) is 56.0 Å². The maximum absolute atomic E-state index is 11.6. The Morgan fingerprint density at radius 2 is 1.86 bits per heavy atom. The van der Waals surface area contributed by atoms with Crippen LogP contribution in [-0.2, 0) is 16.3 Å². The number of hydrogen-bond donors (Lipinski definition) is 1. The number of carboxylic acids is 1. The summed E-state index contributed by atoms with van der Waals surface area (Å²) in [5.41, 5.74) is 1.08. The van der Waals surface area contributed by atoms with Gasteiger partial charge in [0.25, 0.3) is 0 Å². The van der Waals surface area contributed by atoms with Crippen LogP contribution in [0.4, 0.5) is 0 Å². The minimum Gasteiger partial charge on any atom is -0.478 e. The van der Waals surface area contributed by atoms with Crippen molar-refractivity contribution < 1.29 is 18.3 Å². The van der Waals surface area contributed by atoms with Crippen molar-refractivity contribution in [2.45, 2.75) is 19.8 Å². The van der Waals surface area contributed by atoms with E-state index in [0.717, 1.165) is 5.56 Å². The van der Waals surface area contributed by atoms with Gasteiger partial charge in [-0.05, 0) is 31.5 Å². The average Bonchev–Trinajstić information content (AvgIpc) is 2.43. The first-order valence-electron chi connectivity index (χ1n) is 7.06. The minimum absolute atomic E-state index is 0.151. The van der Waals surface area contributed by atoms with E-state index >= 15 is 0 Å². The van der Waals surface area contributed by atoms with Crippen LogP contribution in [0.25, 0.3) is 0 Å². The Labute approximate surface area is 126 Å². The SMILES string of the molecule is CCCS(=O)(=O)CCN(C)CCc1ccccc1C(=O)O. The smallest absolute Gasteiger partial charge is 0.335 e. The van der Waals surface area contributed by atoms with Gasteiger partial charge >= 0.3 is 5.97 Å². The summed E-state index contributed by atoms with van der Waals surface area (Å²) in [6.07, 6.45) is 1.23. The van der Waals surface area contributed by atoms with Crippen LogP contribution < -0.4 is 0 Å². The van der Waals surface area contributed by atoms with Gasteiger partial charge in [0, 0.05) is 18.8 Å². The van der Waals surface area contributed by atoms with Crippen LogP contribution in [0.15, 0.2) is 24.3 Å². The molecule has 1 N–H and O–H groups in total. The zero-order chi connectivity index (χ0) is 15.9. The molecule has 0 bridgehead atoms. The fourth-order valence-corrected chi connectivity index (χ4v) is 3.49. The van der Waals surface area contributed by atoms with Crippen molar-refractivity contribution in [2.24, 2.45) is 0 Å². The molecule has 0 aromatic heterocycles. The average molecular weight is 313 g/mol. The van der Waals surface area contributed by atoms with Crippen LogP contribution >= 0.6 is 0 Å². The number of aromatic carboxylic acids is 1. The van der Waals surface area contributed by atoms with Crippen LogP contribution in [0, 0.1) is 0 Å². The molecule has 0 heterocycles. The van der Waals surface area contributed by atoms with Crippen LogP contribution in [0.2, 0.25) is 0 Å². The first kappa shape index (κ1) is 17.7.